The van der Waals surface area contributed by atoms with Crippen LogP contribution in [0.1, 0.15) is 40.0 Å². The van der Waals surface area contributed by atoms with Crippen molar-refractivity contribution in [2.45, 2.75) is 51.0 Å². The van der Waals surface area contributed by atoms with Crippen molar-refractivity contribution in [3.63, 3.8) is 0 Å². The zero-order valence-corrected chi connectivity index (χ0v) is 13.7. The molecular formula is C13H22ClN3O2S. The molecule has 0 spiro atoms. The van der Waals surface area contributed by atoms with Gasteiger partial charge in [-0.05, 0) is 25.3 Å². The molecule has 0 aromatic carbocycles. The van der Waals surface area contributed by atoms with E-state index in [1.807, 2.05) is 20.8 Å². The molecule has 0 atom stereocenters. The lowest BCUT2D eigenvalue weighted by molar-refractivity contribution is 0.530. The second-order valence-corrected chi connectivity index (χ2v) is 6.68. The Balaban J connectivity index is 2.93. The predicted molar refractivity (Wildman–Crippen MR) is 82.7 cm³/mol. The Morgan fingerprint density at radius 2 is 1.95 bits per heavy atom. The third-order valence-electron chi connectivity index (χ3n) is 2.98. The summed E-state index contributed by atoms with van der Waals surface area (Å²) in [4.78, 5) is 4.17. The van der Waals surface area contributed by atoms with E-state index in [0.717, 1.165) is 25.8 Å². The van der Waals surface area contributed by atoms with Crippen molar-refractivity contribution in [3.8, 4) is 0 Å². The first-order chi connectivity index (χ1) is 9.44. The largest absolute Gasteiger partial charge is 0.369 e. The molecule has 0 saturated carbocycles. The van der Waals surface area contributed by atoms with Crippen LogP contribution < -0.4 is 10.0 Å². The van der Waals surface area contributed by atoms with Gasteiger partial charge in [-0.2, -0.15) is 0 Å². The third-order valence-corrected chi connectivity index (χ3v) is 4.75. The van der Waals surface area contributed by atoms with Gasteiger partial charge in [0, 0.05) is 18.8 Å². The van der Waals surface area contributed by atoms with Gasteiger partial charge in [-0.3, -0.25) is 0 Å². The number of anilines is 1. The Labute approximate surface area is 126 Å². The third kappa shape index (κ3) is 4.61. The molecule has 1 aromatic rings. The summed E-state index contributed by atoms with van der Waals surface area (Å²) in [5, 5.41) is 3.36. The number of hydrogen-bond donors (Lipinski definition) is 2. The van der Waals surface area contributed by atoms with Gasteiger partial charge in [-0.25, -0.2) is 18.1 Å². The molecule has 0 fully saturated rings. The summed E-state index contributed by atoms with van der Waals surface area (Å²) in [5.74, 6) is 0.509. The Kier molecular flexibility index (Phi) is 6.71. The van der Waals surface area contributed by atoms with Crippen LogP contribution >= 0.6 is 11.6 Å². The normalized spacial score (nSPS) is 11.8. The maximum absolute atomic E-state index is 12.2. The minimum Gasteiger partial charge on any atom is -0.369 e. The van der Waals surface area contributed by atoms with Crippen LogP contribution in [0, 0.1) is 0 Å². The highest BCUT2D eigenvalue weighted by Gasteiger charge is 2.19. The van der Waals surface area contributed by atoms with Gasteiger partial charge in [-0.15, -0.1) is 0 Å². The Morgan fingerprint density at radius 3 is 2.45 bits per heavy atom. The van der Waals surface area contributed by atoms with E-state index in [0.29, 0.717) is 10.8 Å². The molecule has 1 rings (SSSR count). The Bertz CT molecular complexity index is 530. The molecule has 0 aliphatic rings. The van der Waals surface area contributed by atoms with Gasteiger partial charge < -0.3 is 5.32 Å². The second kappa shape index (κ2) is 7.81. The molecule has 0 amide bonds. The van der Waals surface area contributed by atoms with Crippen LogP contribution in [0.15, 0.2) is 17.2 Å². The van der Waals surface area contributed by atoms with E-state index in [1.165, 1.54) is 12.3 Å². The van der Waals surface area contributed by atoms with Crippen LogP contribution in [0.4, 0.5) is 5.82 Å². The van der Waals surface area contributed by atoms with Gasteiger partial charge in [0.25, 0.3) is 0 Å². The van der Waals surface area contributed by atoms with Crippen LogP contribution in [0.2, 0.25) is 5.02 Å². The van der Waals surface area contributed by atoms with Crippen LogP contribution in [-0.4, -0.2) is 26.0 Å². The standard InChI is InChI=1S/C13H22ClN3O2S/c1-4-7-15-13-12(14)8-11(9-16-13)20(18,19)17-10(5-2)6-3/h8-10,17H,4-7H2,1-3H3,(H,15,16). The van der Waals surface area contributed by atoms with Crippen LogP contribution in [0.3, 0.4) is 0 Å². The van der Waals surface area contributed by atoms with E-state index in [2.05, 4.69) is 15.0 Å². The fourth-order valence-corrected chi connectivity index (χ4v) is 3.35. The lowest BCUT2D eigenvalue weighted by Gasteiger charge is -2.15. The molecule has 20 heavy (non-hydrogen) atoms. The highest BCUT2D eigenvalue weighted by molar-refractivity contribution is 7.89. The molecule has 1 aromatic heterocycles. The zero-order valence-electron chi connectivity index (χ0n) is 12.1. The predicted octanol–water partition coefficient (Wildman–Crippen LogP) is 3.02. The molecular weight excluding hydrogens is 298 g/mol. The fourth-order valence-electron chi connectivity index (χ4n) is 1.68. The minimum absolute atomic E-state index is 0.0725. The van der Waals surface area contributed by atoms with Crippen molar-refractivity contribution in [1.82, 2.24) is 9.71 Å². The van der Waals surface area contributed by atoms with E-state index in [4.69, 9.17) is 11.6 Å². The van der Waals surface area contributed by atoms with E-state index in [-0.39, 0.29) is 10.9 Å². The number of pyridine rings is 1. The topological polar surface area (TPSA) is 71.1 Å². The fraction of sp³-hybridized carbons (Fsp3) is 0.615. The van der Waals surface area contributed by atoms with Crippen LogP contribution in [-0.2, 0) is 10.0 Å². The monoisotopic (exact) mass is 319 g/mol. The first kappa shape index (κ1) is 17.2. The molecule has 114 valence electrons. The molecule has 0 saturated heterocycles. The average Bonchev–Trinajstić information content (AvgIpc) is 2.43. The molecule has 7 heteroatoms. The molecule has 0 aliphatic heterocycles. The zero-order chi connectivity index (χ0) is 15.2. The van der Waals surface area contributed by atoms with Crippen molar-refractivity contribution >= 4 is 27.4 Å². The van der Waals surface area contributed by atoms with Crippen molar-refractivity contribution in [3.05, 3.63) is 17.3 Å². The van der Waals surface area contributed by atoms with Crippen LogP contribution in [0.25, 0.3) is 0 Å². The van der Waals surface area contributed by atoms with Gasteiger partial charge in [0.15, 0.2) is 0 Å². The highest BCUT2D eigenvalue weighted by atomic mass is 35.5. The van der Waals surface area contributed by atoms with Crippen molar-refractivity contribution in [1.29, 1.82) is 0 Å². The Morgan fingerprint density at radius 1 is 1.30 bits per heavy atom. The summed E-state index contributed by atoms with van der Waals surface area (Å²) in [6, 6.07) is 1.36. The molecule has 5 nitrogen and oxygen atoms in total. The molecule has 0 aliphatic carbocycles. The molecule has 1 heterocycles. The number of aromatic nitrogens is 1. The van der Waals surface area contributed by atoms with E-state index < -0.39 is 10.0 Å². The lowest BCUT2D eigenvalue weighted by Crippen LogP contribution is -2.33. The lowest BCUT2D eigenvalue weighted by atomic mass is 10.2. The van der Waals surface area contributed by atoms with Crippen molar-refractivity contribution < 1.29 is 8.42 Å². The Hall–Kier alpha value is -0.850. The van der Waals surface area contributed by atoms with Gasteiger partial charge in [-0.1, -0.05) is 32.4 Å². The van der Waals surface area contributed by atoms with E-state index in [1.54, 1.807) is 0 Å². The molecule has 2 N–H and O–H groups in total. The van der Waals surface area contributed by atoms with Crippen molar-refractivity contribution in [2.24, 2.45) is 0 Å². The number of sulfonamides is 1. The molecule has 0 radical (unpaired) electrons. The first-order valence-electron chi connectivity index (χ1n) is 6.86. The molecule has 0 bridgehead atoms. The summed E-state index contributed by atoms with van der Waals surface area (Å²) in [6.07, 6.45) is 3.75. The summed E-state index contributed by atoms with van der Waals surface area (Å²) < 4.78 is 27.1. The number of nitrogens with one attached hydrogen (secondary N) is 2. The summed E-state index contributed by atoms with van der Waals surface area (Å²) in [6.45, 7) is 6.66. The second-order valence-electron chi connectivity index (χ2n) is 4.56. The summed E-state index contributed by atoms with van der Waals surface area (Å²) in [7, 11) is -3.57. The number of rotatable bonds is 8. The average molecular weight is 320 g/mol. The smallest absolute Gasteiger partial charge is 0.242 e. The SMILES string of the molecule is CCCNc1ncc(S(=O)(=O)NC(CC)CC)cc1Cl. The van der Waals surface area contributed by atoms with Gasteiger partial charge in [0.1, 0.15) is 10.7 Å². The quantitative estimate of drug-likeness (QED) is 0.772. The van der Waals surface area contributed by atoms with Crippen molar-refractivity contribution in [2.75, 3.05) is 11.9 Å². The van der Waals surface area contributed by atoms with Gasteiger partial charge in [0.05, 0.1) is 5.02 Å². The maximum Gasteiger partial charge on any atom is 0.242 e. The number of nitrogens with zero attached hydrogens (tertiary/aromatic N) is 1. The summed E-state index contributed by atoms with van der Waals surface area (Å²) >= 11 is 6.06. The van der Waals surface area contributed by atoms with Gasteiger partial charge >= 0.3 is 0 Å². The summed E-state index contributed by atoms with van der Waals surface area (Å²) in [5.41, 5.74) is 0. The van der Waals surface area contributed by atoms with Gasteiger partial charge in [0.2, 0.25) is 10.0 Å². The van der Waals surface area contributed by atoms with E-state index >= 15 is 0 Å². The highest BCUT2D eigenvalue weighted by Crippen LogP contribution is 2.22. The number of hydrogen-bond acceptors (Lipinski definition) is 4. The van der Waals surface area contributed by atoms with E-state index in [9.17, 15) is 8.42 Å². The van der Waals surface area contributed by atoms with Crippen LogP contribution in [0.5, 0.6) is 0 Å². The molecule has 0 unspecified atom stereocenters. The number of halogens is 1. The minimum atomic E-state index is -3.57. The maximum atomic E-state index is 12.2. The first-order valence-corrected chi connectivity index (χ1v) is 8.72.